The van der Waals surface area contributed by atoms with Crippen molar-refractivity contribution in [1.29, 1.82) is 0 Å². The Bertz CT molecular complexity index is 219. The first-order valence-electron chi connectivity index (χ1n) is 6.71. The average molecular weight is 242 g/mol. The third-order valence-electron chi connectivity index (χ3n) is 3.26. The van der Waals surface area contributed by atoms with Gasteiger partial charge >= 0.3 is 0 Å². The van der Waals surface area contributed by atoms with Gasteiger partial charge in [0.25, 0.3) is 0 Å². The van der Waals surface area contributed by atoms with Crippen molar-refractivity contribution in [2.45, 2.75) is 48.0 Å². The fraction of sp³-hybridized carbons (Fsp3) is 0.929. The normalized spacial score (nSPS) is 13.8. The monoisotopic (exact) mass is 242 g/mol. The first kappa shape index (κ1) is 16.4. The molecule has 2 N–H and O–H groups in total. The maximum absolute atomic E-state index is 11.5. The number of nitrogens with one attached hydrogen (secondary N) is 2. The number of hydrogen-bond acceptors (Lipinski definition) is 2. The van der Waals surface area contributed by atoms with Crippen molar-refractivity contribution in [3.8, 4) is 0 Å². The molecule has 1 unspecified atom stereocenters. The van der Waals surface area contributed by atoms with Crippen LogP contribution in [-0.2, 0) is 4.79 Å². The van der Waals surface area contributed by atoms with E-state index in [0.717, 1.165) is 19.5 Å². The lowest BCUT2D eigenvalue weighted by Gasteiger charge is -2.27. The molecule has 0 heterocycles. The lowest BCUT2D eigenvalue weighted by atomic mass is 9.82. The fourth-order valence-corrected chi connectivity index (χ4v) is 1.27. The number of carbonyl (C=O) groups excluding carboxylic acids is 1. The maximum Gasteiger partial charge on any atom is 0.233 e. The summed E-state index contributed by atoms with van der Waals surface area (Å²) < 4.78 is 0. The Morgan fingerprint density at radius 3 is 2.24 bits per heavy atom. The van der Waals surface area contributed by atoms with E-state index >= 15 is 0 Å². The molecule has 17 heavy (non-hydrogen) atoms. The van der Waals surface area contributed by atoms with Gasteiger partial charge in [-0.25, -0.2) is 0 Å². The highest BCUT2D eigenvalue weighted by Gasteiger charge is 2.19. The Hall–Kier alpha value is -0.570. The van der Waals surface area contributed by atoms with E-state index in [4.69, 9.17) is 0 Å². The predicted molar refractivity (Wildman–Crippen MR) is 74.0 cm³/mol. The van der Waals surface area contributed by atoms with Crippen LogP contribution in [0.25, 0.3) is 0 Å². The van der Waals surface area contributed by atoms with Crippen LogP contribution in [0.1, 0.15) is 48.0 Å². The van der Waals surface area contributed by atoms with Crippen LogP contribution in [0.15, 0.2) is 0 Å². The molecule has 1 atom stereocenters. The third-order valence-corrected chi connectivity index (χ3v) is 3.26. The molecule has 3 nitrogen and oxygen atoms in total. The lowest BCUT2D eigenvalue weighted by molar-refractivity contribution is -0.120. The van der Waals surface area contributed by atoms with Crippen LogP contribution in [0.5, 0.6) is 0 Å². The topological polar surface area (TPSA) is 41.1 Å². The number of carbonyl (C=O) groups is 1. The zero-order chi connectivity index (χ0) is 13.5. The number of amides is 1. The summed E-state index contributed by atoms with van der Waals surface area (Å²) in [5.74, 6) is 1.31. The molecule has 102 valence electrons. The van der Waals surface area contributed by atoms with E-state index in [1.165, 1.54) is 0 Å². The van der Waals surface area contributed by atoms with Crippen LogP contribution in [0.3, 0.4) is 0 Å². The minimum atomic E-state index is 0.103. The zero-order valence-electron chi connectivity index (χ0n) is 12.4. The molecular formula is C14H30N2O. The summed E-state index contributed by atoms with van der Waals surface area (Å²) in [6, 6.07) is 0. The molecule has 0 radical (unpaired) electrons. The predicted octanol–water partition coefficient (Wildman–Crippen LogP) is 2.42. The highest BCUT2D eigenvalue weighted by molar-refractivity contribution is 5.77. The Morgan fingerprint density at radius 1 is 1.18 bits per heavy atom. The molecule has 0 aliphatic rings. The van der Waals surface area contributed by atoms with Gasteiger partial charge < -0.3 is 10.6 Å². The van der Waals surface area contributed by atoms with Crippen LogP contribution in [-0.4, -0.2) is 25.5 Å². The minimum absolute atomic E-state index is 0.103. The Labute approximate surface area is 107 Å². The zero-order valence-corrected chi connectivity index (χ0v) is 12.4. The Balaban J connectivity index is 3.58. The van der Waals surface area contributed by atoms with Gasteiger partial charge in [-0.3, -0.25) is 4.79 Å². The molecule has 0 aromatic heterocycles. The standard InChI is InChI=1S/C14H30N2O/c1-11(2)7-8-16-13(17)10-15-9-12(3)14(4,5)6/h11-12,15H,7-10H2,1-6H3,(H,16,17). The minimum Gasteiger partial charge on any atom is -0.355 e. The van der Waals surface area contributed by atoms with Crippen molar-refractivity contribution in [3.05, 3.63) is 0 Å². The molecule has 1 amide bonds. The van der Waals surface area contributed by atoms with Gasteiger partial charge in [0.2, 0.25) is 5.91 Å². The van der Waals surface area contributed by atoms with Crippen LogP contribution < -0.4 is 10.6 Å². The maximum atomic E-state index is 11.5. The van der Waals surface area contributed by atoms with Gasteiger partial charge in [0, 0.05) is 6.54 Å². The molecule has 0 aromatic rings. The molecule has 0 fully saturated rings. The van der Waals surface area contributed by atoms with Crippen molar-refractivity contribution < 1.29 is 4.79 Å². The second kappa shape index (κ2) is 7.70. The third kappa shape index (κ3) is 9.16. The van der Waals surface area contributed by atoms with Gasteiger partial charge in [-0.1, -0.05) is 41.5 Å². The highest BCUT2D eigenvalue weighted by atomic mass is 16.1. The van der Waals surface area contributed by atoms with Gasteiger partial charge in [0.05, 0.1) is 6.54 Å². The van der Waals surface area contributed by atoms with Crippen molar-refractivity contribution >= 4 is 5.91 Å². The largest absolute Gasteiger partial charge is 0.355 e. The summed E-state index contributed by atoms with van der Waals surface area (Å²) in [6.07, 6.45) is 1.05. The van der Waals surface area contributed by atoms with Crippen molar-refractivity contribution in [2.24, 2.45) is 17.3 Å². The first-order valence-corrected chi connectivity index (χ1v) is 6.71. The van der Waals surface area contributed by atoms with Gasteiger partial charge in [0.15, 0.2) is 0 Å². The second-order valence-electron chi connectivity index (χ2n) is 6.43. The molecule has 0 saturated heterocycles. The Kier molecular flexibility index (Phi) is 7.44. The lowest BCUT2D eigenvalue weighted by Crippen LogP contribution is -2.38. The molecule has 3 heteroatoms. The average Bonchev–Trinajstić information content (AvgIpc) is 2.15. The molecular weight excluding hydrogens is 212 g/mol. The fourth-order valence-electron chi connectivity index (χ4n) is 1.27. The summed E-state index contributed by atoms with van der Waals surface area (Å²) in [5.41, 5.74) is 0.293. The molecule has 0 aromatic carbocycles. The highest BCUT2D eigenvalue weighted by Crippen LogP contribution is 2.24. The summed E-state index contributed by atoms with van der Waals surface area (Å²) in [5, 5.41) is 6.14. The van der Waals surface area contributed by atoms with Crippen molar-refractivity contribution in [3.63, 3.8) is 0 Å². The molecule has 0 saturated carbocycles. The summed E-state index contributed by atoms with van der Waals surface area (Å²) in [6.45, 7) is 15.3. The molecule has 0 bridgehead atoms. The molecule has 0 aliphatic heterocycles. The van der Waals surface area contributed by atoms with E-state index in [1.54, 1.807) is 0 Å². The summed E-state index contributed by atoms with van der Waals surface area (Å²) in [4.78, 5) is 11.5. The van der Waals surface area contributed by atoms with E-state index in [9.17, 15) is 4.79 Å². The van der Waals surface area contributed by atoms with Gasteiger partial charge in [-0.15, -0.1) is 0 Å². The quantitative estimate of drug-likeness (QED) is 0.720. The van der Waals surface area contributed by atoms with E-state index in [-0.39, 0.29) is 5.91 Å². The van der Waals surface area contributed by atoms with E-state index in [0.29, 0.717) is 23.8 Å². The SMILES string of the molecule is CC(C)CCNC(=O)CNCC(C)C(C)(C)C. The molecule has 0 rings (SSSR count). The van der Waals surface area contributed by atoms with Crippen molar-refractivity contribution in [2.75, 3.05) is 19.6 Å². The van der Waals surface area contributed by atoms with Crippen LogP contribution in [0.4, 0.5) is 0 Å². The van der Waals surface area contributed by atoms with Crippen LogP contribution in [0, 0.1) is 17.3 Å². The van der Waals surface area contributed by atoms with E-state index in [1.807, 2.05) is 0 Å². The van der Waals surface area contributed by atoms with Crippen molar-refractivity contribution in [1.82, 2.24) is 10.6 Å². The van der Waals surface area contributed by atoms with Gasteiger partial charge in [0.1, 0.15) is 0 Å². The number of hydrogen-bond donors (Lipinski definition) is 2. The number of rotatable bonds is 7. The molecule has 0 spiro atoms. The van der Waals surface area contributed by atoms with E-state index < -0.39 is 0 Å². The van der Waals surface area contributed by atoms with E-state index in [2.05, 4.69) is 52.2 Å². The van der Waals surface area contributed by atoms with Crippen LogP contribution in [0.2, 0.25) is 0 Å². The first-order chi connectivity index (χ1) is 7.73. The van der Waals surface area contributed by atoms with Gasteiger partial charge in [-0.05, 0) is 30.2 Å². The summed E-state index contributed by atoms with van der Waals surface area (Å²) in [7, 11) is 0. The van der Waals surface area contributed by atoms with Gasteiger partial charge in [-0.2, -0.15) is 0 Å². The Morgan fingerprint density at radius 2 is 1.76 bits per heavy atom. The smallest absolute Gasteiger partial charge is 0.233 e. The van der Waals surface area contributed by atoms with Crippen LogP contribution >= 0.6 is 0 Å². The molecule has 0 aliphatic carbocycles. The second-order valence-corrected chi connectivity index (χ2v) is 6.43. The summed E-state index contributed by atoms with van der Waals surface area (Å²) >= 11 is 0.